The number of carbonyl (C=O) groups excluding carboxylic acids is 1. The molecule has 62 valence electrons. The second-order valence-corrected chi connectivity index (χ2v) is 2.27. The summed E-state index contributed by atoms with van der Waals surface area (Å²) in [5.74, 6) is 0. The number of nitriles is 1. The van der Waals surface area contributed by atoms with Crippen LogP contribution in [0.5, 0.6) is 0 Å². The van der Waals surface area contributed by atoms with Gasteiger partial charge in [-0.05, 0) is 23.8 Å². The molecule has 0 amide bonds. The third-order valence-corrected chi connectivity index (χ3v) is 1.43. The lowest BCUT2D eigenvalue weighted by Gasteiger charge is -1.90. The molecule has 0 N–H and O–H groups in total. The summed E-state index contributed by atoms with van der Waals surface area (Å²) in [6.45, 7) is 0. The number of nitrogens with zero attached hydrogens (tertiary/aromatic N) is 2. The summed E-state index contributed by atoms with van der Waals surface area (Å²) < 4.78 is 0. The Morgan fingerprint density at radius 2 is 2.00 bits per heavy atom. The van der Waals surface area contributed by atoms with Gasteiger partial charge in [-0.2, -0.15) is 10.3 Å². The number of benzene rings is 1. The Morgan fingerprint density at radius 3 is 2.54 bits per heavy atom. The summed E-state index contributed by atoms with van der Waals surface area (Å²) in [7, 11) is 0. The Kier molecular flexibility index (Phi) is 3.20. The van der Waals surface area contributed by atoms with E-state index in [2.05, 4.69) is 4.99 Å². The third-order valence-electron chi connectivity index (χ3n) is 1.43. The molecule has 0 heterocycles. The molecule has 1 aromatic rings. The molecule has 3 heteroatoms. The number of rotatable bonds is 2. The van der Waals surface area contributed by atoms with E-state index >= 15 is 0 Å². The van der Waals surface area contributed by atoms with Crippen molar-refractivity contribution < 1.29 is 4.79 Å². The monoisotopic (exact) mass is 170 g/mol. The van der Waals surface area contributed by atoms with Gasteiger partial charge in [0.1, 0.15) is 0 Å². The first kappa shape index (κ1) is 8.92. The average Bonchev–Trinajstić information content (AvgIpc) is 2.19. The van der Waals surface area contributed by atoms with E-state index in [1.54, 1.807) is 30.3 Å². The van der Waals surface area contributed by atoms with E-state index in [1.807, 2.05) is 6.07 Å². The molecule has 0 spiro atoms. The molecular formula is C10H6N2O. The normalized spacial score (nSPS) is 9.15. The van der Waals surface area contributed by atoms with Crippen LogP contribution in [0.1, 0.15) is 11.1 Å². The Balaban J connectivity index is 2.82. The van der Waals surface area contributed by atoms with Crippen molar-refractivity contribution in [1.29, 1.82) is 5.26 Å². The second kappa shape index (κ2) is 4.66. The Morgan fingerprint density at radius 1 is 1.31 bits per heavy atom. The van der Waals surface area contributed by atoms with E-state index in [0.29, 0.717) is 5.56 Å². The zero-order chi connectivity index (χ0) is 9.52. The maximum Gasteiger partial charge on any atom is 0.239 e. The zero-order valence-electron chi connectivity index (χ0n) is 6.77. The predicted molar refractivity (Wildman–Crippen MR) is 48.3 cm³/mol. The Hall–Kier alpha value is -2.17. The van der Waals surface area contributed by atoms with Crippen LogP contribution in [0.25, 0.3) is 6.08 Å². The lowest BCUT2D eigenvalue weighted by Crippen LogP contribution is -1.74. The van der Waals surface area contributed by atoms with Crippen LogP contribution in [0, 0.1) is 11.3 Å². The van der Waals surface area contributed by atoms with Crippen molar-refractivity contribution in [2.24, 2.45) is 4.99 Å². The molecule has 0 atom stereocenters. The second-order valence-electron chi connectivity index (χ2n) is 2.27. The van der Waals surface area contributed by atoms with E-state index in [1.165, 1.54) is 12.3 Å². The van der Waals surface area contributed by atoms with Gasteiger partial charge in [-0.25, -0.2) is 4.79 Å². The summed E-state index contributed by atoms with van der Waals surface area (Å²) in [5, 5.41) is 8.50. The standard InChI is InChI=1S/C10H6N2O/c11-7-10-3-1-9(2-4-10)5-6-12-8-13/h1-6H/b6-5+. The number of isocyanates is 1. The maximum atomic E-state index is 9.71. The van der Waals surface area contributed by atoms with E-state index in [-0.39, 0.29) is 0 Å². The van der Waals surface area contributed by atoms with Crippen LogP contribution in [0.4, 0.5) is 0 Å². The van der Waals surface area contributed by atoms with Crippen molar-refractivity contribution in [2.45, 2.75) is 0 Å². The van der Waals surface area contributed by atoms with Crippen LogP contribution >= 0.6 is 0 Å². The quantitative estimate of drug-likeness (QED) is 0.502. The average molecular weight is 170 g/mol. The van der Waals surface area contributed by atoms with Gasteiger partial charge in [0.2, 0.25) is 6.08 Å². The fourth-order valence-corrected chi connectivity index (χ4v) is 0.823. The van der Waals surface area contributed by atoms with Gasteiger partial charge in [-0.1, -0.05) is 12.1 Å². The first-order valence-corrected chi connectivity index (χ1v) is 3.60. The summed E-state index contributed by atoms with van der Waals surface area (Å²) in [5.41, 5.74) is 1.49. The van der Waals surface area contributed by atoms with Gasteiger partial charge in [0.15, 0.2) is 0 Å². The van der Waals surface area contributed by atoms with Gasteiger partial charge in [-0.15, -0.1) is 0 Å². The molecule has 0 aromatic heterocycles. The van der Waals surface area contributed by atoms with E-state index in [0.717, 1.165) is 5.56 Å². The molecular weight excluding hydrogens is 164 g/mol. The maximum absolute atomic E-state index is 9.71. The Labute approximate surface area is 75.7 Å². The smallest absolute Gasteiger partial charge is 0.211 e. The molecule has 0 saturated heterocycles. The molecule has 0 aliphatic heterocycles. The van der Waals surface area contributed by atoms with Crippen molar-refractivity contribution in [3.8, 4) is 6.07 Å². The minimum atomic E-state index is 0.607. The lowest BCUT2D eigenvalue weighted by atomic mass is 10.1. The summed E-state index contributed by atoms with van der Waals surface area (Å²) >= 11 is 0. The van der Waals surface area contributed by atoms with E-state index in [4.69, 9.17) is 5.26 Å². The highest BCUT2D eigenvalue weighted by Crippen LogP contribution is 2.04. The van der Waals surface area contributed by atoms with Crippen molar-refractivity contribution in [3.63, 3.8) is 0 Å². The molecule has 0 unspecified atom stereocenters. The molecule has 0 radical (unpaired) electrons. The lowest BCUT2D eigenvalue weighted by molar-refractivity contribution is 0.565. The van der Waals surface area contributed by atoms with E-state index < -0.39 is 0 Å². The van der Waals surface area contributed by atoms with Gasteiger partial charge in [0, 0.05) is 6.20 Å². The van der Waals surface area contributed by atoms with Gasteiger partial charge in [-0.3, -0.25) is 0 Å². The first-order chi connectivity index (χ1) is 6.36. The molecule has 13 heavy (non-hydrogen) atoms. The Bertz CT molecular complexity index is 392. The van der Waals surface area contributed by atoms with Crippen molar-refractivity contribution in [3.05, 3.63) is 41.6 Å². The predicted octanol–water partition coefficient (Wildman–Crippen LogP) is 1.86. The highest BCUT2D eigenvalue weighted by atomic mass is 16.1. The topological polar surface area (TPSA) is 53.2 Å². The summed E-state index contributed by atoms with van der Waals surface area (Å²) in [6, 6.07) is 8.96. The molecule has 1 rings (SSSR count). The fourth-order valence-electron chi connectivity index (χ4n) is 0.823. The number of hydrogen-bond donors (Lipinski definition) is 0. The molecule has 1 aromatic carbocycles. The van der Waals surface area contributed by atoms with Gasteiger partial charge in [0.05, 0.1) is 11.6 Å². The SMILES string of the molecule is N#Cc1ccc(/C=C/N=C=O)cc1. The number of aliphatic imine (C=N–C) groups is 1. The molecule has 0 bridgehead atoms. The molecule has 0 saturated carbocycles. The summed E-state index contributed by atoms with van der Waals surface area (Å²) in [4.78, 5) is 13.0. The molecule has 3 nitrogen and oxygen atoms in total. The van der Waals surface area contributed by atoms with Crippen molar-refractivity contribution >= 4 is 12.2 Å². The van der Waals surface area contributed by atoms with Crippen LogP contribution in [0.15, 0.2) is 35.5 Å². The van der Waals surface area contributed by atoms with E-state index in [9.17, 15) is 4.79 Å². The van der Waals surface area contributed by atoms with Crippen molar-refractivity contribution in [1.82, 2.24) is 0 Å². The fraction of sp³-hybridized carbons (Fsp3) is 0. The highest BCUT2D eigenvalue weighted by molar-refractivity contribution is 5.52. The van der Waals surface area contributed by atoms with Gasteiger partial charge >= 0.3 is 0 Å². The van der Waals surface area contributed by atoms with Crippen LogP contribution < -0.4 is 0 Å². The molecule has 0 aliphatic rings. The van der Waals surface area contributed by atoms with Crippen LogP contribution in [-0.4, -0.2) is 6.08 Å². The van der Waals surface area contributed by atoms with Crippen LogP contribution in [0.2, 0.25) is 0 Å². The minimum Gasteiger partial charge on any atom is -0.211 e. The van der Waals surface area contributed by atoms with Gasteiger partial charge in [0.25, 0.3) is 0 Å². The highest BCUT2D eigenvalue weighted by Gasteiger charge is 1.88. The largest absolute Gasteiger partial charge is 0.239 e. The van der Waals surface area contributed by atoms with Crippen LogP contribution in [0.3, 0.4) is 0 Å². The van der Waals surface area contributed by atoms with Gasteiger partial charge < -0.3 is 0 Å². The molecule has 0 aliphatic carbocycles. The van der Waals surface area contributed by atoms with Crippen LogP contribution in [-0.2, 0) is 4.79 Å². The molecule has 0 fully saturated rings. The first-order valence-electron chi connectivity index (χ1n) is 3.60. The minimum absolute atomic E-state index is 0.607. The zero-order valence-corrected chi connectivity index (χ0v) is 6.77. The third kappa shape index (κ3) is 2.74. The summed E-state index contributed by atoms with van der Waals surface area (Å²) in [6.07, 6.45) is 4.41. The van der Waals surface area contributed by atoms with Crippen molar-refractivity contribution in [2.75, 3.05) is 0 Å². The number of hydrogen-bond acceptors (Lipinski definition) is 3.